The van der Waals surface area contributed by atoms with Gasteiger partial charge in [-0.3, -0.25) is 4.79 Å². The minimum Gasteiger partial charge on any atom is -0.478 e. The highest BCUT2D eigenvalue weighted by molar-refractivity contribution is 8.00. The van der Waals surface area contributed by atoms with Gasteiger partial charge in [-0.05, 0) is 24.3 Å². The van der Waals surface area contributed by atoms with Gasteiger partial charge in [0.1, 0.15) is 0 Å². The van der Waals surface area contributed by atoms with Gasteiger partial charge in [0.15, 0.2) is 0 Å². The fourth-order valence-corrected chi connectivity index (χ4v) is 1.81. The molecule has 0 saturated carbocycles. The zero-order valence-corrected chi connectivity index (χ0v) is 10.6. The van der Waals surface area contributed by atoms with Gasteiger partial charge in [0.05, 0.1) is 23.1 Å². The van der Waals surface area contributed by atoms with Crippen LogP contribution in [0.5, 0.6) is 0 Å². The van der Waals surface area contributed by atoms with Crippen LogP contribution in [0.3, 0.4) is 0 Å². The molecule has 0 unspecified atom stereocenters. The minimum atomic E-state index is -1.000. The Morgan fingerprint density at radius 3 is 2.50 bits per heavy atom. The molecule has 1 N–H and O–H groups in total. The van der Waals surface area contributed by atoms with Gasteiger partial charge in [0.25, 0.3) is 0 Å². The predicted octanol–water partition coefficient (Wildman–Crippen LogP) is 1.60. The van der Waals surface area contributed by atoms with Crippen LogP contribution in [-0.2, 0) is 4.79 Å². The first-order chi connectivity index (χ1) is 8.56. The lowest BCUT2D eigenvalue weighted by Gasteiger charge is -2.16. The Kier molecular flexibility index (Phi) is 5.21. The number of carbonyl (C=O) groups excluding carboxylic acids is 1. The van der Waals surface area contributed by atoms with Gasteiger partial charge in [-0.1, -0.05) is 0 Å². The number of anilines is 1. The maximum absolute atomic E-state index is 11.7. The highest BCUT2D eigenvalue weighted by Crippen LogP contribution is 2.15. The molecule has 18 heavy (non-hydrogen) atoms. The zero-order chi connectivity index (χ0) is 13.5. The van der Waals surface area contributed by atoms with E-state index in [4.69, 9.17) is 10.4 Å². The van der Waals surface area contributed by atoms with E-state index in [1.807, 2.05) is 6.07 Å². The van der Waals surface area contributed by atoms with Crippen LogP contribution in [0.4, 0.5) is 5.69 Å². The lowest BCUT2D eigenvalue weighted by molar-refractivity contribution is -0.115. The molecule has 1 amide bonds. The SMILES string of the molecule is CN(C(=O)CSCC#N)c1ccc(C(=O)O)cc1. The smallest absolute Gasteiger partial charge is 0.335 e. The molecule has 1 rings (SSSR count). The largest absolute Gasteiger partial charge is 0.478 e. The topological polar surface area (TPSA) is 81.4 Å². The van der Waals surface area contributed by atoms with E-state index >= 15 is 0 Å². The molecule has 1 aromatic rings. The normalized spacial score (nSPS) is 9.56. The van der Waals surface area contributed by atoms with Gasteiger partial charge in [-0.15, -0.1) is 11.8 Å². The van der Waals surface area contributed by atoms with Gasteiger partial charge >= 0.3 is 5.97 Å². The number of carbonyl (C=O) groups is 2. The number of benzene rings is 1. The van der Waals surface area contributed by atoms with Crippen molar-refractivity contribution in [3.8, 4) is 6.07 Å². The maximum atomic E-state index is 11.7. The lowest BCUT2D eigenvalue weighted by atomic mass is 10.2. The van der Waals surface area contributed by atoms with Crippen LogP contribution >= 0.6 is 11.8 Å². The number of nitriles is 1. The summed E-state index contributed by atoms with van der Waals surface area (Å²) in [6, 6.07) is 8.00. The van der Waals surface area contributed by atoms with E-state index in [-0.39, 0.29) is 23.0 Å². The van der Waals surface area contributed by atoms with Crippen molar-refractivity contribution in [3.05, 3.63) is 29.8 Å². The standard InChI is InChI=1S/C12H12N2O3S/c1-14(11(15)8-18-7-6-13)10-4-2-9(3-5-10)12(16)17/h2-5H,7-8H2,1H3,(H,16,17). The number of hydrogen-bond acceptors (Lipinski definition) is 4. The zero-order valence-electron chi connectivity index (χ0n) is 9.79. The molecule has 0 fully saturated rings. The Morgan fingerprint density at radius 1 is 1.39 bits per heavy atom. The monoisotopic (exact) mass is 264 g/mol. The average molecular weight is 264 g/mol. The van der Waals surface area contributed by atoms with E-state index in [0.717, 1.165) is 0 Å². The predicted molar refractivity (Wildman–Crippen MR) is 69.7 cm³/mol. The summed E-state index contributed by atoms with van der Waals surface area (Å²) in [7, 11) is 1.62. The molecule has 0 aliphatic carbocycles. The number of rotatable bonds is 5. The van der Waals surface area contributed by atoms with Crippen LogP contribution < -0.4 is 4.90 Å². The molecule has 5 nitrogen and oxygen atoms in total. The van der Waals surface area contributed by atoms with E-state index in [2.05, 4.69) is 0 Å². The molecule has 0 heterocycles. The highest BCUT2D eigenvalue weighted by Gasteiger charge is 2.11. The van der Waals surface area contributed by atoms with Gasteiger partial charge < -0.3 is 10.0 Å². The van der Waals surface area contributed by atoms with Crippen molar-refractivity contribution in [3.63, 3.8) is 0 Å². The minimum absolute atomic E-state index is 0.127. The molecule has 0 atom stereocenters. The fourth-order valence-electron chi connectivity index (χ4n) is 1.25. The van der Waals surface area contributed by atoms with E-state index in [0.29, 0.717) is 5.69 Å². The first kappa shape index (κ1) is 14.1. The summed E-state index contributed by atoms with van der Waals surface area (Å²) in [5, 5.41) is 17.1. The third-order valence-electron chi connectivity index (χ3n) is 2.27. The molecule has 0 aliphatic heterocycles. The van der Waals surface area contributed by atoms with Crippen LogP contribution in [0.2, 0.25) is 0 Å². The third kappa shape index (κ3) is 3.79. The Bertz CT molecular complexity index is 479. The molecule has 1 aromatic carbocycles. The summed E-state index contributed by atoms with van der Waals surface area (Å²) >= 11 is 1.25. The van der Waals surface area contributed by atoms with Crippen LogP contribution in [0.1, 0.15) is 10.4 Å². The molecule has 0 aromatic heterocycles. The van der Waals surface area contributed by atoms with E-state index < -0.39 is 5.97 Å². The summed E-state index contributed by atoms with van der Waals surface area (Å²) in [6.45, 7) is 0. The molecule has 0 bridgehead atoms. The quantitative estimate of drug-likeness (QED) is 0.817. The molecule has 0 aliphatic rings. The van der Waals surface area contributed by atoms with Crippen molar-refractivity contribution in [2.24, 2.45) is 0 Å². The second kappa shape index (κ2) is 6.67. The Balaban J connectivity index is 2.66. The first-order valence-electron chi connectivity index (χ1n) is 5.11. The average Bonchev–Trinajstić information content (AvgIpc) is 2.38. The number of amides is 1. The lowest BCUT2D eigenvalue weighted by Crippen LogP contribution is -2.28. The molecule has 94 valence electrons. The summed E-state index contributed by atoms with van der Waals surface area (Å²) < 4.78 is 0. The van der Waals surface area contributed by atoms with Crippen LogP contribution in [-0.4, -0.2) is 35.5 Å². The maximum Gasteiger partial charge on any atom is 0.335 e. The molecule has 6 heteroatoms. The van der Waals surface area contributed by atoms with Crippen molar-refractivity contribution in [2.45, 2.75) is 0 Å². The van der Waals surface area contributed by atoms with Crippen LogP contribution in [0.25, 0.3) is 0 Å². The highest BCUT2D eigenvalue weighted by atomic mass is 32.2. The number of thioether (sulfide) groups is 1. The van der Waals surface area contributed by atoms with Crippen molar-refractivity contribution < 1.29 is 14.7 Å². The van der Waals surface area contributed by atoms with Gasteiger partial charge in [-0.25, -0.2) is 4.79 Å². The second-order valence-electron chi connectivity index (χ2n) is 3.46. The van der Waals surface area contributed by atoms with E-state index in [1.165, 1.54) is 28.8 Å². The molecule has 0 radical (unpaired) electrons. The number of aromatic carboxylic acids is 1. The Morgan fingerprint density at radius 2 is 2.00 bits per heavy atom. The third-order valence-corrected chi connectivity index (χ3v) is 3.05. The number of carboxylic acids is 1. The first-order valence-corrected chi connectivity index (χ1v) is 6.26. The summed E-state index contributed by atoms with van der Waals surface area (Å²) in [6.07, 6.45) is 0. The molecule has 0 spiro atoms. The summed E-state index contributed by atoms with van der Waals surface area (Å²) in [4.78, 5) is 23.8. The van der Waals surface area contributed by atoms with Gasteiger partial charge in [-0.2, -0.15) is 5.26 Å². The molecular formula is C12H12N2O3S. The van der Waals surface area contributed by atoms with Crippen LogP contribution in [0, 0.1) is 11.3 Å². The molecule has 0 saturated heterocycles. The van der Waals surface area contributed by atoms with Crippen molar-refractivity contribution in [1.29, 1.82) is 5.26 Å². The number of carboxylic acid groups (broad SMARTS) is 1. The molecular weight excluding hydrogens is 252 g/mol. The Hall–Kier alpha value is -2.00. The fraction of sp³-hybridized carbons (Fsp3) is 0.250. The number of hydrogen-bond donors (Lipinski definition) is 1. The van der Waals surface area contributed by atoms with Crippen molar-refractivity contribution >= 4 is 29.3 Å². The Labute approximate surface area is 109 Å². The second-order valence-corrected chi connectivity index (χ2v) is 4.44. The van der Waals surface area contributed by atoms with Gasteiger partial charge in [0, 0.05) is 12.7 Å². The van der Waals surface area contributed by atoms with Crippen molar-refractivity contribution in [2.75, 3.05) is 23.5 Å². The van der Waals surface area contributed by atoms with Gasteiger partial charge in [0.2, 0.25) is 5.91 Å². The van der Waals surface area contributed by atoms with E-state index in [1.54, 1.807) is 19.2 Å². The van der Waals surface area contributed by atoms with Crippen LogP contribution in [0.15, 0.2) is 24.3 Å². The van der Waals surface area contributed by atoms with Crippen molar-refractivity contribution in [1.82, 2.24) is 0 Å². The summed E-state index contributed by atoms with van der Waals surface area (Å²) in [5.74, 6) is -0.624. The summed E-state index contributed by atoms with van der Waals surface area (Å²) in [5.41, 5.74) is 0.806. The number of nitrogens with zero attached hydrogens (tertiary/aromatic N) is 2. The van der Waals surface area contributed by atoms with E-state index in [9.17, 15) is 9.59 Å².